The summed E-state index contributed by atoms with van der Waals surface area (Å²) in [5.41, 5.74) is 6.68. The molecule has 2 aromatic rings. The zero-order chi connectivity index (χ0) is 12.4. The fourth-order valence-corrected chi connectivity index (χ4v) is 2.45. The second-order valence-corrected chi connectivity index (χ2v) is 5.46. The van der Waals surface area contributed by atoms with Crippen LogP contribution in [0.25, 0.3) is 11.1 Å². The Morgan fingerprint density at radius 2 is 1.71 bits per heavy atom. The van der Waals surface area contributed by atoms with Crippen LogP contribution in [0.3, 0.4) is 0 Å². The maximum absolute atomic E-state index is 2.77. The molecule has 0 bridgehead atoms. The van der Waals surface area contributed by atoms with Crippen LogP contribution in [0.1, 0.15) is 16.7 Å². The molecule has 0 radical (unpaired) electrons. The molecule has 0 N–H and O–H groups in total. The summed E-state index contributed by atoms with van der Waals surface area (Å²) in [5.74, 6) is 0. The van der Waals surface area contributed by atoms with Crippen molar-refractivity contribution in [3.05, 3.63) is 53.1 Å². The minimum Gasteiger partial charge on any atom is -0.133 e. The molecule has 2 heteroatoms. The van der Waals surface area contributed by atoms with Crippen molar-refractivity contribution in [2.24, 2.45) is 0 Å². The highest BCUT2D eigenvalue weighted by Gasteiger charge is 2.03. The van der Waals surface area contributed by atoms with Crippen molar-refractivity contribution in [3.63, 3.8) is 0 Å². The highest BCUT2D eigenvalue weighted by molar-refractivity contribution is 7.27. The van der Waals surface area contributed by atoms with E-state index < -0.39 is 0 Å². The van der Waals surface area contributed by atoms with Crippen LogP contribution in [0.15, 0.2) is 36.4 Å². The molecule has 0 aliphatic carbocycles. The largest absolute Gasteiger partial charge is 0.133 e. The summed E-state index contributed by atoms with van der Waals surface area (Å²) in [6.45, 7) is 4.33. The molecular weight excluding hydrogens is 242 g/mol. The quantitative estimate of drug-likeness (QED) is 0.719. The third kappa shape index (κ3) is 2.76. The molecule has 0 spiro atoms. The summed E-state index contributed by atoms with van der Waals surface area (Å²) in [4.78, 5) is 0. The molecule has 0 aliphatic rings. The van der Waals surface area contributed by atoms with Crippen molar-refractivity contribution < 1.29 is 0 Å². The van der Waals surface area contributed by atoms with E-state index in [-0.39, 0.29) is 0 Å². The van der Waals surface area contributed by atoms with Crippen LogP contribution in [-0.4, -0.2) is 0 Å². The summed E-state index contributed by atoms with van der Waals surface area (Å²) in [7, 11) is 5.54. The van der Waals surface area contributed by atoms with Crippen molar-refractivity contribution in [2.45, 2.75) is 20.0 Å². The normalized spacial score (nSPS) is 10.6. The standard InChI is InChI=1S/C15H18P2/c1-10-7-12(9-16)3-5-14(10)13-4-6-15(17)11(2)8-13/h3-8H,9,16-17H2,1-2H3. The Morgan fingerprint density at radius 3 is 2.29 bits per heavy atom. The number of benzene rings is 2. The lowest BCUT2D eigenvalue weighted by atomic mass is 9.97. The van der Waals surface area contributed by atoms with Gasteiger partial charge in [0.15, 0.2) is 0 Å². The van der Waals surface area contributed by atoms with Gasteiger partial charge in [-0.05, 0) is 53.1 Å². The molecule has 0 aromatic heterocycles. The average Bonchev–Trinajstić information content (AvgIpc) is 2.32. The van der Waals surface area contributed by atoms with Crippen LogP contribution in [0.5, 0.6) is 0 Å². The van der Waals surface area contributed by atoms with Gasteiger partial charge in [-0.15, -0.1) is 18.5 Å². The van der Waals surface area contributed by atoms with Crippen molar-refractivity contribution in [1.82, 2.24) is 0 Å². The van der Waals surface area contributed by atoms with Crippen LogP contribution in [0.4, 0.5) is 0 Å². The van der Waals surface area contributed by atoms with Gasteiger partial charge in [0.1, 0.15) is 0 Å². The highest BCUT2D eigenvalue weighted by atomic mass is 31.0. The second kappa shape index (κ2) is 5.30. The monoisotopic (exact) mass is 260 g/mol. The molecule has 0 saturated heterocycles. The van der Waals surface area contributed by atoms with Gasteiger partial charge in [-0.3, -0.25) is 0 Å². The summed E-state index contributed by atoms with van der Waals surface area (Å²) in [6, 6.07) is 13.3. The predicted octanol–water partition coefficient (Wildman–Crippen LogP) is 3.85. The maximum atomic E-state index is 2.77. The molecule has 0 nitrogen and oxygen atoms in total. The van der Waals surface area contributed by atoms with Crippen LogP contribution in [0, 0.1) is 13.8 Å². The lowest BCUT2D eigenvalue weighted by molar-refractivity contribution is 1.35. The average molecular weight is 260 g/mol. The van der Waals surface area contributed by atoms with E-state index in [1.54, 1.807) is 0 Å². The van der Waals surface area contributed by atoms with Gasteiger partial charge in [0, 0.05) is 0 Å². The van der Waals surface area contributed by atoms with Gasteiger partial charge in [0.25, 0.3) is 0 Å². The van der Waals surface area contributed by atoms with Gasteiger partial charge in [0.2, 0.25) is 0 Å². The van der Waals surface area contributed by atoms with E-state index in [9.17, 15) is 0 Å². The minimum atomic E-state index is 1.02. The van der Waals surface area contributed by atoms with Crippen molar-refractivity contribution in [1.29, 1.82) is 0 Å². The van der Waals surface area contributed by atoms with Gasteiger partial charge in [-0.25, -0.2) is 0 Å². The molecule has 88 valence electrons. The van der Waals surface area contributed by atoms with E-state index in [1.807, 2.05) is 0 Å². The Balaban J connectivity index is 2.49. The molecule has 2 unspecified atom stereocenters. The molecule has 2 atom stereocenters. The first kappa shape index (κ1) is 12.7. The summed E-state index contributed by atoms with van der Waals surface area (Å²) < 4.78 is 0. The van der Waals surface area contributed by atoms with E-state index in [2.05, 4.69) is 68.7 Å². The Hall–Kier alpha value is -0.700. The number of hydrogen-bond acceptors (Lipinski definition) is 0. The van der Waals surface area contributed by atoms with E-state index >= 15 is 0 Å². The van der Waals surface area contributed by atoms with Crippen molar-refractivity contribution in [2.75, 3.05) is 0 Å². The molecule has 2 rings (SSSR count). The van der Waals surface area contributed by atoms with Crippen LogP contribution in [-0.2, 0) is 6.16 Å². The van der Waals surface area contributed by atoms with E-state index in [0.29, 0.717) is 0 Å². The fraction of sp³-hybridized carbons (Fsp3) is 0.200. The Labute approximate surface area is 108 Å². The first-order valence-electron chi connectivity index (χ1n) is 5.78. The smallest absolute Gasteiger partial charge is 0.0128 e. The first-order chi connectivity index (χ1) is 8.11. The topological polar surface area (TPSA) is 0 Å². The second-order valence-electron chi connectivity index (χ2n) is 4.42. The zero-order valence-corrected chi connectivity index (χ0v) is 12.6. The molecule has 0 saturated carbocycles. The molecule has 0 amide bonds. The van der Waals surface area contributed by atoms with Gasteiger partial charge in [-0.1, -0.05) is 36.4 Å². The number of rotatable bonds is 2. The van der Waals surface area contributed by atoms with Crippen molar-refractivity contribution >= 4 is 23.8 Å². The molecule has 17 heavy (non-hydrogen) atoms. The first-order valence-corrected chi connectivity index (χ1v) is 7.17. The highest BCUT2D eigenvalue weighted by Crippen LogP contribution is 2.25. The van der Waals surface area contributed by atoms with Gasteiger partial charge in [-0.2, -0.15) is 0 Å². The van der Waals surface area contributed by atoms with Crippen LogP contribution >= 0.6 is 18.5 Å². The van der Waals surface area contributed by atoms with Gasteiger partial charge in [0.05, 0.1) is 0 Å². The summed E-state index contributed by atoms with van der Waals surface area (Å²) in [6.07, 6.45) is 1.02. The fourth-order valence-electron chi connectivity index (χ4n) is 2.02. The maximum Gasteiger partial charge on any atom is -0.0128 e. The number of aryl methyl sites for hydroxylation is 2. The number of hydrogen-bond donors (Lipinski definition) is 0. The summed E-state index contributed by atoms with van der Waals surface area (Å²) >= 11 is 0. The third-order valence-corrected chi connectivity index (χ3v) is 4.23. The predicted molar refractivity (Wildman–Crippen MR) is 84.1 cm³/mol. The lowest BCUT2D eigenvalue weighted by Gasteiger charge is -2.10. The lowest BCUT2D eigenvalue weighted by Crippen LogP contribution is -1.96. The molecule has 2 aromatic carbocycles. The molecule has 0 aliphatic heterocycles. The minimum absolute atomic E-state index is 1.02. The van der Waals surface area contributed by atoms with Gasteiger partial charge >= 0.3 is 0 Å². The van der Waals surface area contributed by atoms with E-state index in [1.165, 1.54) is 33.1 Å². The zero-order valence-electron chi connectivity index (χ0n) is 10.3. The Morgan fingerprint density at radius 1 is 0.941 bits per heavy atom. The third-order valence-electron chi connectivity index (χ3n) is 3.11. The van der Waals surface area contributed by atoms with E-state index in [0.717, 1.165) is 6.16 Å². The Kier molecular flexibility index (Phi) is 3.97. The Bertz CT molecular complexity index is 545. The molecule has 0 heterocycles. The molecule has 0 fully saturated rings. The van der Waals surface area contributed by atoms with Crippen molar-refractivity contribution in [3.8, 4) is 11.1 Å². The van der Waals surface area contributed by atoms with Crippen LogP contribution in [0.2, 0.25) is 0 Å². The SMILES string of the molecule is Cc1cc(-c2ccc(CP)cc2C)ccc1P. The summed E-state index contributed by atoms with van der Waals surface area (Å²) in [5, 5.41) is 1.27. The van der Waals surface area contributed by atoms with Crippen LogP contribution < -0.4 is 5.30 Å². The molecular formula is C15H18P2. The van der Waals surface area contributed by atoms with E-state index in [4.69, 9.17) is 0 Å². The van der Waals surface area contributed by atoms with Gasteiger partial charge < -0.3 is 0 Å².